The first-order chi connectivity index (χ1) is 9.43. The summed E-state index contributed by atoms with van der Waals surface area (Å²) in [7, 11) is 1.93. The number of nitrogens with one attached hydrogen (secondary N) is 3. The topological polar surface area (TPSA) is 77.8 Å². The summed E-state index contributed by atoms with van der Waals surface area (Å²) in [6, 6.07) is 5.94. The Labute approximate surface area is 117 Å². The zero-order chi connectivity index (χ0) is 14.9. The number of hydrogen-bond donors (Lipinski definition) is 3. The second-order valence-electron chi connectivity index (χ2n) is 5.58. The molecular weight excluding hydrogens is 254 g/mol. The largest absolute Gasteiger partial charge is 0.316 e. The maximum Gasteiger partial charge on any atom is 0.314 e. The normalized spacial score (nSPS) is 14.7. The molecule has 0 aliphatic rings. The fourth-order valence-electron chi connectivity index (χ4n) is 2.44. The van der Waals surface area contributed by atoms with Gasteiger partial charge in [0.25, 0.3) is 0 Å². The van der Waals surface area contributed by atoms with Crippen LogP contribution in [0.5, 0.6) is 0 Å². The van der Waals surface area contributed by atoms with E-state index in [4.69, 9.17) is 0 Å². The minimum Gasteiger partial charge on any atom is -0.316 e. The maximum atomic E-state index is 11.4. The van der Waals surface area contributed by atoms with Crippen LogP contribution in [0, 0.1) is 11.8 Å². The molecular formula is C15H21N3O2. The van der Waals surface area contributed by atoms with E-state index in [1.165, 1.54) is 0 Å². The van der Waals surface area contributed by atoms with Crippen LogP contribution < -0.4 is 16.4 Å². The molecule has 0 saturated carbocycles. The molecule has 0 aliphatic heterocycles. The van der Waals surface area contributed by atoms with Gasteiger partial charge in [0.15, 0.2) is 0 Å². The Morgan fingerprint density at radius 1 is 1.00 bits per heavy atom. The van der Waals surface area contributed by atoms with Crippen molar-refractivity contribution in [1.29, 1.82) is 0 Å². The van der Waals surface area contributed by atoms with E-state index in [9.17, 15) is 9.59 Å². The van der Waals surface area contributed by atoms with Crippen molar-refractivity contribution in [2.24, 2.45) is 11.8 Å². The van der Waals surface area contributed by atoms with E-state index in [0.29, 0.717) is 22.9 Å². The van der Waals surface area contributed by atoms with Gasteiger partial charge in [-0.1, -0.05) is 26.8 Å². The zero-order valence-corrected chi connectivity index (χ0v) is 12.3. The highest BCUT2D eigenvalue weighted by Crippen LogP contribution is 2.28. The third-order valence-electron chi connectivity index (χ3n) is 3.99. The first-order valence-electron chi connectivity index (χ1n) is 6.87. The summed E-state index contributed by atoms with van der Waals surface area (Å²) in [5.74, 6) is 0.990. The van der Waals surface area contributed by atoms with E-state index in [-0.39, 0.29) is 6.04 Å². The lowest BCUT2D eigenvalue weighted by Crippen LogP contribution is -2.29. The third kappa shape index (κ3) is 2.67. The quantitative estimate of drug-likeness (QED) is 0.744. The SMILES string of the molecule is CNC(c1ccc2[nH]c(=O)c(=O)[nH]c2c1)C(C)C(C)C. The third-order valence-corrected chi connectivity index (χ3v) is 3.99. The molecule has 0 saturated heterocycles. The minimum atomic E-state index is -0.619. The monoisotopic (exact) mass is 275 g/mol. The minimum absolute atomic E-state index is 0.204. The molecule has 1 aromatic carbocycles. The van der Waals surface area contributed by atoms with Crippen LogP contribution in [0.1, 0.15) is 32.4 Å². The summed E-state index contributed by atoms with van der Waals surface area (Å²) in [5.41, 5.74) is 1.16. The van der Waals surface area contributed by atoms with Gasteiger partial charge >= 0.3 is 11.1 Å². The Bertz CT molecular complexity index is 715. The number of aromatic nitrogens is 2. The summed E-state index contributed by atoms with van der Waals surface area (Å²) in [6.07, 6.45) is 0. The van der Waals surface area contributed by atoms with Gasteiger partial charge in [-0.2, -0.15) is 0 Å². The lowest BCUT2D eigenvalue weighted by atomic mass is 9.86. The predicted molar refractivity (Wildman–Crippen MR) is 81.0 cm³/mol. The molecule has 5 nitrogen and oxygen atoms in total. The van der Waals surface area contributed by atoms with Gasteiger partial charge < -0.3 is 15.3 Å². The number of H-pyrrole nitrogens is 2. The smallest absolute Gasteiger partial charge is 0.314 e. The molecule has 0 fully saturated rings. The molecule has 5 heteroatoms. The number of aromatic amines is 2. The van der Waals surface area contributed by atoms with E-state index < -0.39 is 11.1 Å². The first-order valence-corrected chi connectivity index (χ1v) is 6.87. The maximum absolute atomic E-state index is 11.4. The summed E-state index contributed by atoms with van der Waals surface area (Å²) >= 11 is 0. The molecule has 2 atom stereocenters. The second-order valence-corrected chi connectivity index (χ2v) is 5.58. The molecule has 108 valence electrons. The van der Waals surface area contributed by atoms with Gasteiger partial charge in [-0.15, -0.1) is 0 Å². The fourth-order valence-corrected chi connectivity index (χ4v) is 2.44. The summed E-state index contributed by atoms with van der Waals surface area (Å²) in [4.78, 5) is 27.9. The van der Waals surface area contributed by atoms with Gasteiger partial charge in [-0.25, -0.2) is 0 Å². The van der Waals surface area contributed by atoms with Crippen molar-refractivity contribution in [1.82, 2.24) is 15.3 Å². The molecule has 0 amide bonds. The highest BCUT2D eigenvalue weighted by Gasteiger charge is 2.20. The highest BCUT2D eigenvalue weighted by molar-refractivity contribution is 5.74. The molecule has 0 bridgehead atoms. The Kier molecular flexibility index (Phi) is 4.09. The average molecular weight is 275 g/mol. The van der Waals surface area contributed by atoms with Crippen LogP contribution >= 0.6 is 0 Å². The van der Waals surface area contributed by atoms with Crippen LogP contribution in [0.2, 0.25) is 0 Å². The predicted octanol–water partition coefficient (Wildman–Crippen LogP) is 1.77. The van der Waals surface area contributed by atoms with Crippen molar-refractivity contribution >= 4 is 11.0 Å². The molecule has 20 heavy (non-hydrogen) atoms. The number of hydrogen-bond acceptors (Lipinski definition) is 3. The van der Waals surface area contributed by atoms with Gasteiger partial charge in [0, 0.05) is 6.04 Å². The fraction of sp³-hybridized carbons (Fsp3) is 0.467. The van der Waals surface area contributed by atoms with Crippen LogP contribution in [-0.2, 0) is 0 Å². The van der Waals surface area contributed by atoms with Crippen molar-refractivity contribution in [3.63, 3.8) is 0 Å². The van der Waals surface area contributed by atoms with Crippen LogP contribution in [-0.4, -0.2) is 17.0 Å². The molecule has 3 N–H and O–H groups in total. The molecule has 1 heterocycles. The Morgan fingerprint density at radius 2 is 1.60 bits per heavy atom. The van der Waals surface area contributed by atoms with Crippen LogP contribution in [0.4, 0.5) is 0 Å². The molecule has 0 aliphatic carbocycles. The molecule has 1 aromatic heterocycles. The lowest BCUT2D eigenvalue weighted by molar-refractivity contribution is 0.317. The van der Waals surface area contributed by atoms with E-state index in [1.807, 2.05) is 25.2 Å². The summed E-state index contributed by atoms with van der Waals surface area (Å²) < 4.78 is 0. The van der Waals surface area contributed by atoms with Gasteiger partial charge in [0.2, 0.25) is 0 Å². The average Bonchev–Trinajstić information content (AvgIpc) is 2.41. The zero-order valence-electron chi connectivity index (χ0n) is 12.3. The van der Waals surface area contributed by atoms with E-state index in [0.717, 1.165) is 5.56 Å². The van der Waals surface area contributed by atoms with Crippen LogP contribution in [0.3, 0.4) is 0 Å². The van der Waals surface area contributed by atoms with Crippen molar-refractivity contribution in [2.45, 2.75) is 26.8 Å². The van der Waals surface area contributed by atoms with Crippen LogP contribution in [0.25, 0.3) is 11.0 Å². The Hall–Kier alpha value is -1.88. The summed E-state index contributed by atoms with van der Waals surface area (Å²) in [5, 5.41) is 3.33. The van der Waals surface area contributed by atoms with Crippen LogP contribution in [0.15, 0.2) is 27.8 Å². The van der Waals surface area contributed by atoms with Crippen molar-refractivity contribution in [3.8, 4) is 0 Å². The molecule has 0 spiro atoms. The van der Waals surface area contributed by atoms with Crippen molar-refractivity contribution < 1.29 is 0 Å². The highest BCUT2D eigenvalue weighted by atomic mass is 16.2. The van der Waals surface area contributed by atoms with Gasteiger partial charge in [-0.3, -0.25) is 9.59 Å². The first kappa shape index (κ1) is 14.5. The summed E-state index contributed by atoms with van der Waals surface area (Å²) in [6.45, 7) is 6.58. The Balaban J connectivity index is 2.52. The Morgan fingerprint density at radius 3 is 2.15 bits per heavy atom. The second kappa shape index (κ2) is 5.63. The van der Waals surface area contributed by atoms with E-state index in [1.54, 1.807) is 0 Å². The molecule has 0 radical (unpaired) electrons. The number of rotatable bonds is 4. The van der Waals surface area contributed by atoms with E-state index >= 15 is 0 Å². The standard InChI is InChI=1S/C15H21N3O2/c1-8(2)9(3)13(16-4)10-5-6-11-12(7-10)18-15(20)14(19)17-11/h5-9,13,16H,1-4H3,(H,17,19)(H,18,20). The van der Waals surface area contributed by atoms with Crippen molar-refractivity contribution in [2.75, 3.05) is 7.05 Å². The molecule has 2 unspecified atom stereocenters. The molecule has 2 aromatic rings. The number of benzene rings is 1. The number of fused-ring (bicyclic) bond motifs is 1. The van der Waals surface area contributed by atoms with Gasteiger partial charge in [0.1, 0.15) is 0 Å². The van der Waals surface area contributed by atoms with Gasteiger partial charge in [0.05, 0.1) is 11.0 Å². The lowest BCUT2D eigenvalue weighted by Gasteiger charge is -2.27. The van der Waals surface area contributed by atoms with Gasteiger partial charge in [-0.05, 0) is 36.6 Å². The molecule has 2 rings (SSSR count). The van der Waals surface area contributed by atoms with Crippen molar-refractivity contribution in [3.05, 3.63) is 44.5 Å². The van der Waals surface area contributed by atoms with E-state index in [2.05, 4.69) is 36.1 Å².